The minimum Gasteiger partial charge on any atom is -0.494 e. The van der Waals surface area contributed by atoms with Gasteiger partial charge in [-0.05, 0) is 31.5 Å². The molecule has 0 unspecified atom stereocenters. The highest BCUT2D eigenvalue weighted by atomic mass is 32.2. The van der Waals surface area contributed by atoms with Crippen LogP contribution in [0.25, 0.3) is 0 Å². The van der Waals surface area contributed by atoms with Gasteiger partial charge in [0.25, 0.3) is 0 Å². The van der Waals surface area contributed by atoms with E-state index in [-0.39, 0.29) is 11.2 Å². The maximum Gasteiger partial charge on any atom is 0.237 e. The Morgan fingerprint density at radius 2 is 1.95 bits per heavy atom. The second kappa shape index (κ2) is 8.49. The van der Waals surface area contributed by atoms with Crippen LogP contribution in [0.4, 0.5) is 5.69 Å². The largest absolute Gasteiger partial charge is 0.494 e. The minimum atomic E-state index is -0.115. The second-order valence-corrected chi connectivity index (χ2v) is 6.22. The molecule has 1 N–H and O–H groups in total. The molecule has 0 aromatic heterocycles. The fourth-order valence-electron chi connectivity index (χ4n) is 1.95. The first kappa shape index (κ1) is 16.4. The first-order chi connectivity index (χ1) is 10.7. The number of benzene rings is 2. The Morgan fingerprint density at radius 3 is 2.68 bits per heavy atom. The highest BCUT2D eigenvalue weighted by Crippen LogP contribution is 2.21. The van der Waals surface area contributed by atoms with E-state index in [9.17, 15) is 4.79 Å². The zero-order valence-electron chi connectivity index (χ0n) is 12.9. The van der Waals surface area contributed by atoms with Gasteiger partial charge in [-0.2, -0.15) is 0 Å². The number of hydrogen-bond donors (Lipinski definition) is 1. The summed E-state index contributed by atoms with van der Waals surface area (Å²) in [6.07, 6.45) is 0. The number of hydrogen-bond acceptors (Lipinski definition) is 3. The third-order valence-electron chi connectivity index (χ3n) is 3.12. The summed E-state index contributed by atoms with van der Waals surface area (Å²) in [5.74, 6) is 1.61. The summed E-state index contributed by atoms with van der Waals surface area (Å²) < 4.78 is 5.44. The van der Waals surface area contributed by atoms with E-state index in [1.807, 2.05) is 56.3 Å². The standard InChI is InChI=1S/C18H21NO2S/c1-3-21-17-11-7-10-16(12-17)19-18(20)14(2)22-13-15-8-5-4-6-9-15/h4-12,14H,3,13H2,1-2H3,(H,19,20)/t14-/m0/s1. The summed E-state index contributed by atoms with van der Waals surface area (Å²) in [5, 5.41) is 2.82. The third-order valence-corrected chi connectivity index (χ3v) is 4.34. The zero-order chi connectivity index (χ0) is 15.8. The number of carbonyl (C=O) groups excluding carboxylic acids is 1. The van der Waals surface area contributed by atoms with Crippen LogP contribution in [0.15, 0.2) is 54.6 Å². The molecule has 0 saturated carbocycles. The SMILES string of the molecule is CCOc1cccc(NC(=O)[C@H](C)SCc2ccccc2)c1. The van der Waals surface area contributed by atoms with Crippen molar-refractivity contribution in [1.29, 1.82) is 0 Å². The fourth-order valence-corrected chi connectivity index (χ4v) is 2.79. The van der Waals surface area contributed by atoms with Gasteiger partial charge in [-0.25, -0.2) is 0 Å². The lowest BCUT2D eigenvalue weighted by atomic mass is 10.2. The number of nitrogens with one attached hydrogen (secondary N) is 1. The molecule has 0 aliphatic heterocycles. The predicted octanol–water partition coefficient (Wildman–Crippen LogP) is 4.35. The second-order valence-electron chi connectivity index (χ2n) is 4.89. The van der Waals surface area contributed by atoms with E-state index >= 15 is 0 Å². The van der Waals surface area contributed by atoms with E-state index in [4.69, 9.17) is 4.74 Å². The molecule has 0 aliphatic carbocycles. The van der Waals surface area contributed by atoms with E-state index in [0.717, 1.165) is 17.2 Å². The van der Waals surface area contributed by atoms with Gasteiger partial charge >= 0.3 is 0 Å². The van der Waals surface area contributed by atoms with Crippen molar-refractivity contribution < 1.29 is 9.53 Å². The van der Waals surface area contributed by atoms with Gasteiger partial charge in [0.2, 0.25) is 5.91 Å². The summed E-state index contributed by atoms with van der Waals surface area (Å²) in [4.78, 5) is 12.2. The average molecular weight is 315 g/mol. The number of thioether (sulfide) groups is 1. The summed E-state index contributed by atoms with van der Waals surface area (Å²) >= 11 is 1.63. The minimum absolute atomic E-state index is 0.00887. The summed E-state index contributed by atoms with van der Waals surface area (Å²) in [6.45, 7) is 4.48. The molecule has 116 valence electrons. The smallest absolute Gasteiger partial charge is 0.237 e. The van der Waals surface area contributed by atoms with Crippen molar-refractivity contribution >= 4 is 23.4 Å². The zero-order valence-corrected chi connectivity index (χ0v) is 13.7. The highest BCUT2D eigenvalue weighted by Gasteiger charge is 2.13. The maximum atomic E-state index is 12.2. The Morgan fingerprint density at radius 1 is 1.18 bits per heavy atom. The van der Waals surface area contributed by atoms with Crippen molar-refractivity contribution in [2.75, 3.05) is 11.9 Å². The lowest BCUT2D eigenvalue weighted by Gasteiger charge is -2.13. The molecule has 0 saturated heterocycles. The molecule has 2 rings (SSSR count). The molecule has 2 aromatic rings. The number of amides is 1. The maximum absolute atomic E-state index is 12.2. The molecule has 0 bridgehead atoms. The average Bonchev–Trinajstić information content (AvgIpc) is 2.54. The molecule has 3 nitrogen and oxygen atoms in total. The number of carbonyl (C=O) groups is 1. The van der Waals surface area contributed by atoms with Gasteiger partial charge in [0, 0.05) is 17.5 Å². The Balaban J connectivity index is 1.87. The molecular weight excluding hydrogens is 294 g/mol. The topological polar surface area (TPSA) is 38.3 Å². The summed E-state index contributed by atoms with van der Waals surface area (Å²) in [5.41, 5.74) is 1.99. The number of anilines is 1. The van der Waals surface area contributed by atoms with Crippen LogP contribution in [-0.2, 0) is 10.5 Å². The quantitative estimate of drug-likeness (QED) is 0.825. The van der Waals surface area contributed by atoms with E-state index in [0.29, 0.717) is 6.61 Å². The Kier molecular flexibility index (Phi) is 6.34. The molecule has 0 fully saturated rings. The Hall–Kier alpha value is -1.94. The van der Waals surface area contributed by atoms with Crippen LogP contribution in [0.1, 0.15) is 19.4 Å². The molecule has 0 heterocycles. The Bertz CT molecular complexity index is 601. The van der Waals surface area contributed by atoms with Crippen LogP contribution in [0.2, 0.25) is 0 Å². The molecule has 1 amide bonds. The van der Waals surface area contributed by atoms with Crippen LogP contribution in [-0.4, -0.2) is 17.8 Å². The molecule has 22 heavy (non-hydrogen) atoms. The first-order valence-electron chi connectivity index (χ1n) is 7.38. The van der Waals surface area contributed by atoms with E-state index in [1.54, 1.807) is 11.8 Å². The lowest BCUT2D eigenvalue weighted by Crippen LogP contribution is -2.22. The summed E-state index contributed by atoms with van der Waals surface area (Å²) in [7, 11) is 0. The molecule has 0 spiro atoms. The van der Waals surface area contributed by atoms with Crippen molar-refractivity contribution in [3.63, 3.8) is 0 Å². The van der Waals surface area contributed by atoms with Gasteiger partial charge in [-0.15, -0.1) is 11.8 Å². The van der Waals surface area contributed by atoms with Crippen LogP contribution in [0, 0.1) is 0 Å². The van der Waals surface area contributed by atoms with Crippen LogP contribution < -0.4 is 10.1 Å². The summed E-state index contributed by atoms with van der Waals surface area (Å²) in [6, 6.07) is 17.6. The van der Waals surface area contributed by atoms with Crippen molar-refractivity contribution in [3.8, 4) is 5.75 Å². The fraction of sp³-hybridized carbons (Fsp3) is 0.278. The Labute approximate surface area is 136 Å². The number of ether oxygens (including phenoxy) is 1. The van der Waals surface area contributed by atoms with E-state index < -0.39 is 0 Å². The normalized spacial score (nSPS) is 11.7. The van der Waals surface area contributed by atoms with Gasteiger partial charge in [0.05, 0.1) is 11.9 Å². The van der Waals surface area contributed by atoms with Crippen molar-refractivity contribution in [3.05, 3.63) is 60.2 Å². The predicted molar refractivity (Wildman–Crippen MR) is 93.4 cm³/mol. The van der Waals surface area contributed by atoms with Gasteiger partial charge in [0.15, 0.2) is 0 Å². The molecular formula is C18H21NO2S. The van der Waals surface area contributed by atoms with Gasteiger partial charge in [-0.3, -0.25) is 4.79 Å². The van der Waals surface area contributed by atoms with Gasteiger partial charge in [0.1, 0.15) is 5.75 Å². The van der Waals surface area contributed by atoms with Crippen LogP contribution in [0.5, 0.6) is 5.75 Å². The molecule has 2 aromatic carbocycles. The van der Waals surface area contributed by atoms with Crippen molar-refractivity contribution in [2.24, 2.45) is 0 Å². The van der Waals surface area contributed by atoms with Crippen LogP contribution in [0.3, 0.4) is 0 Å². The van der Waals surface area contributed by atoms with Crippen molar-refractivity contribution in [1.82, 2.24) is 0 Å². The molecule has 4 heteroatoms. The van der Waals surface area contributed by atoms with Crippen LogP contribution >= 0.6 is 11.8 Å². The third kappa shape index (κ3) is 5.11. The van der Waals surface area contributed by atoms with E-state index in [1.165, 1.54) is 5.56 Å². The molecule has 1 atom stereocenters. The number of rotatable bonds is 7. The van der Waals surface area contributed by atoms with E-state index in [2.05, 4.69) is 17.4 Å². The first-order valence-corrected chi connectivity index (χ1v) is 8.43. The monoisotopic (exact) mass is 315 g/mol. The molecule has 0 aliphatic rings. The lowest BCUT2D eigenvalue weighted by molar-refractivity contribution is -0.115. The van der Waals surface area contributed by atoms with Gasteiger partial charge in [-0.1, -0.05) is 36.4 Å². The van der Waals surface area contributed by atoms with Gasteiger partial charge < -0.3 is 10.1 Å². The molecule has 0 radical (unpaired) electrons. The van der Waals surface area contributed by atoms with Crippen molar-refractivity contribution in [2.45, 2.75) is 24.9 Å². The highest BCUT2D eigenvalue weighted by molar-refractivity contribution is 7.99.